The fourth-order valence-corrected chi connectivity index (χ4v) is 2.87. The molecule has 0 spiro atoms. The maximum absolute atomic E-state index is 10.6. The van der Waals surface area contributed by atoms with Gasteiger partial charge in [0.2, 0.25) is 0 Å². The van der Waals surface area contributed by atoms with E-state index < -0.39 is 5.60 Å². The Balaban J connectivity index is 1.95. The first-order valence-electron chi connectivity index (χ1n) is 6.24. The number of hydrogen-bond donors (Lipinski definition) is 2. The van der Waals surface area contributed by atoms with Gasteiger partial charge in [0.1, 0.15) is 0 Å². The normalized spacial score (nSPS) is 37.8. The molecule has 2 N–H and O–H groups in total. The number of aliphatic hydroxyl groups is 1. The van der Waals surface area contributed by atoms with Crippen molar-refractivity contribution in [1.82, 2.24) is 10.2 Å². The van der Waals surface area contributed by atoms with Gasteiger partial charge < -0.3 is 15.3 Å². The molecule has 3 heteroatoms. The highest BCUT2D eigenvalue weighted by Gasteiger charge is 2.40. The molecule has 3 nitrogen and oxygen atoms in total. The second kappa shape index (κ2) is 4.40. The van der Waals surface area contributed by atoms with Crippen molar-refractivity contribution in [3.05, 3.63) is 0 Å². The maximum atomic E-state index is 10.6. The second-order valence-corrected chi connectivity index (χ2v) is 5.54. The van der Waals surface area contributed by atoms with Gasteiger partial charge in [-0.25, -0.2) is 0 Å². The van der Waals surface area contributed by atoms with Gasteiger partial charge in [-0.1, -0.05) is 6.92 Å². The van der Waals surface area contributed by atoms with E-state index in [1.165, 1.54) is 6.42 Å². The molecule has 2 aliphatic heterocycles. The first kappa shape index (κ1) is 11.4. The molecule has 0 aromatic heterocycles. The Hall–Kier alpha value is -0.120. The summed E-state index contributed by atoms with van der Waals surface area (Å²) in [5, 5.41) is 14.1. The summed E-state index contributed by atoms with van der Waals surface area (Å²) in [4.78, 5) is 2.31. The molecule has 0 aromatic carbocycles. The van der Waals surface area contributed by atoms with E-state index in [-0.39, 0.29) is 0 Å². The van der Waals surface area contributed by atoms with Crippen LogP contribution in [0, 0.1) is 5.92 Å². The highest BCUT2D eigenvalue weighted by atomic mass is 16.3. The lowest BCUT2D eigenvalue weighted by molar-refractivity contribution is -0.0564. The van der Waals surface area contributed by atoms with E-state index in [4.69, 9.17) is 0 Å². The average molecular weight is 212 g/mol. The summed E-state index contributed by atoms with van der Waals surface area (Å²) in [5.74, 6) is 0.764. The van der Waals surface area contributed by atoms with Crippen molar-refractivity contribution in [2.45, 2.75) is 44.2 Å². The number of rotatable bonds is 1. The molecule has 2 fully saturated rings. The van der Waals surface area contributed by atoms with Gasteiger partial charge in [0, 0.05) is 19.1 Å². The molecule has 0 saturated carbocycles. The van der Waals surface area contributed by atoms with Crippen molar-refractivity contribution in [1.29, 1.82) is 0 Å². The third-order valence-electron chi connectivity index (χ3n) is 4.17. The summed E-state index contributed by atoms with van der Waals surface area (Å²) in [6, 6.07) is 0.329. The fraction of sp³-hybridized carbons (Fsp3) is 1.00. The minimum atomic E-state index is -0.443. The molecule has 0 radical (unpaired) electrons. The number of nitrogens with one attached hydrogen (secondary N) is 1. The summed E-state index contributed by atoms with van der Waals surface area (Å²) in [7, 11) is 2.14. The molecule has 0 amide bonds. The van der Waals surface area contributed by atoms with Crippen molar-refractivity contribution in [3.63, 3.8) is 0 Å². The molecule has 2 saturated heterocycles. The van der Waals surface area contributed by atoms with Gasteiger partial charge >= 0.3 is 0 Å². The zero-order chi connectivity index (χ0) is 10.9. The summed E-state index contributed by atoms with van der Waals surface area (Å²) < 4.78 is 0. The third kappa shape index (κ3) is 2.52. The Morgan fingerprint density at radius 3 is 2.60 bits per heavy atom. The topological polar surface area (TPSA) is 35.5 Å². The van der Waals surface area contributed by atoms with E-state index in [1.807, 2.05) is 0 Å². The largest absolute Gasteiger partial charge is 0.388 e. The lowest BCUT2D eigenvalue weighted by Gasteiger charge is -2.45. The minimum Gasteiger partial charge on any atom is -0.388 e. The van der Waals surface area contributed by atoms with Gasteiger partial charge in [-0.15, -0.1) is 0 Å². The van der Waals surface area contributed by atoms with Crippen LogP contribution in [0.4, 0.5) is 0 Å². The second-order valence-electron chi connectivity index (χ2n) is 5.54. The first-order valence-corrected chi connectivity index (χ1v) is 6.24. The van der Waals surface area contributed by atoms with E-state index >= 15 is 0 Å². The zero-order valence-electron chi connectivity index (χ0n) is 10.00. The van der Waals surface area contributed by atoms with Gasteiger partial charge in [-0.05, 0) is 45.2 Å². The van der Waals surface area contributed by atoms with Crippen LogP contribution < -0.4 is 5.32 Å². The molecule has 2 unspecified atom stereocenters. The highest BCUT2D eigenvalue weighted by molar-refractivity contribution is 4.97. The number of nitrogens with zero attached hydrogens (tertiary/aromatic N) is 1. The number of likely N-dealkylation sites (tertiary alicyclic amines) is 1. The number of piperidine rings is 2. The van der Waals surface area contributed by atoms with Crippen LogP contribution in [0.5, 0.6) is 0 Å². The van der Waals surface area contributed by atoms with Crippen LogP contribution in [-0.4, -0.2) is 48.3 Å². The smallest absolute Gasteiger partial charge is 0.0824 e. The van der Waals surface area contributed by atoms with E-state index in [0.717, 1.165) is 44.8 Å². The summed E-state index contributed by atoms with van der Waals surface area (Å²) >= 11 is 0. The van der Waals surface area contributed by atoms with E-state index in [9.17, 15) is 5.11 Å². The SMILES string of the molecule is CC1CCNC(C2(O)CCN(C)CC2)C1. The predicted octanol–water partition coefficient (Wildman–Crippen LogP) is 0.831. The van der Waals surface area contributed by atoms with Crippen LogP contribution in [0.2, 0.25) is 0 Å². The lowest BCUT2D eigenvalue weighted by Crippen LogP contribution is -2.58. The van der Waals surface area contributed by atoms with Crippen LogP contribution in [0.15, 0.2) is 0 Å². The van der Waals surface area contributed by atoms with Gasteiger partial charge in [0.15, 0.2) is 0 Å². The Bertz CT molecular complexity index is 212. The van der Waals surface area contributed by atoms with Crippen molar-refractivity contribution >= 4 is 0 Å². The Kier molecular flexibility index (Phi) is 3.33. The van der Waals surface area contributed by atoms with E-state index in [1.54, 1.807) is 0 Å². The summed E-state index contributed by atoms with van der Waals surface area (Å²) in [6.07, 6.45) is 4.24. The fourth-order valence-electron chi connectivity index (χ4n) is 2.87. The Morgan fingerprint density at radius 2 is 2.00 bits per heavy atom. The zero-order valence-corrected chi connectivity index (χ0v) is 10.00. The van der Waals surface area contributed by atoms with E-state index in [2.05, 4.69) is 24.2 Å². The van der Waals surface area contributed by atoms with Gasteiger partial charge in [0.25, 0.3) is 0 Å². The van der Waals surface area contributed by atoms with Crippen LogP contribution in [-0.2, 0) is 0 Å². The van der Waals surface area contributed by atoms with Crippen molar-refractivity contribution in [2.24, 2.45) is 5.92 Å². The molecule has 0 aromatic rings. The molecule has 2 rings (SSSR count). The van der Waals surface area contributed by atoms with Crippen molar-refractivity contribution < 1.29 is 5.11 Å². The molecule has 88 valence electrons. The summed E-state index contributed by atoms with van der Waals surface area (Å²) in [5.41, 5.74) is -0.443. The molecule has 0 aliphatic carbocycles. The van der Waals surface area contributed by atoms with Crippen LogP contribution in [0.25, 0.3) is 0 Å². The van der Waals surface area contributed by atoms with Crippen LogP contribution >= 0.6 is 0 Å². The lowest BCUT2D eigenvalue weighted by atomic mass is 9.78. The van der Waals surface area contributed by atoms with Gasteiger partial charge in [-0.2, -0.15) is 0 Å². The van der Waals surface area contributed by atoms with Crippen LogP contribution in [0.3, 0.4) is 0 Å². The molecule has 0 bridgehead atoms. The Labute approximate surface area is 92.8 Å². The third-order valence-corrected chi connectivity index (χ3v) is 4.17. The predicted molar refractivity (Wildman–Crippen MR) is 61.9 cm³/mol. The standard InChI is InChI=1S/C12H24N2O/c1-10-3-6-13-11(9-10)12(15)4-7-14(2)8-5-12/h10-11,13,15H,3-9H2,1-2H3. The van der Waals surface area contributed by atoms with E-state index in [0.29, 0.717) is 6.04 Å². The highest BCUT2D eigenvalue weighted by Crippen LogP contribution is 2.31. The van der Waals surface area contributed by atoms with Crippen molar-refractivity contribution in [3.8, 4) is 0 Å². The van der Waals surface area contributed by atoms with Gasteiger partial charge in [-0.3, -0.25) is 0 Å². The Morgan fingerprint density at radius 1 is 1.33 bits per heavy atom. The molecule has 2 atom stereocenters. The minimum absolute atomic E-state index is 0.329. The van der Waals surface area contributed by atoms with Crippen molar-refractivity contribution in [2.75, 3.05) is 26.7 Å². The number of hydrogen-bond acceptors (Lipinski definition) is 3. The van der Waals surface area contributed by atoms with Gasteiger partial charge in [0.05, 0.1) is 5.60 Å². The summed E-state index contributed by atoms with van der Waals surface area (Å²) in [6.45, 7) is 5.43. The quantitative estimate of drug-likeness (QED) is 0.676. The molecular formula is C12H24N2O. The molecular weight excluding hydrogens is 188 g/mol. The average Bonchev–Trinajstić information content (AvgIpc) is 2.23. The maximum Gasteiger partial charge on any atom is 0.0824 e. The first-order chi connectivity index (χ1) is 7.10. The van der Waals surface area contributed by atoms with Crippen LogP contribution in [0.1, 0.15) is 32.6 Å². The molecule has 2 aliphatic rings. The molecule has 2 heterocycles. The molecule has 15 heavy (non-hydrogen) atoms. The monoisotopic (exact) mass is 212 g/mol.